The van der Waals surface area contributed by atoms with Gasteiger partial charge in [-0.3, -0.25) is 4.90 Å². The van der Waals surface area contributed by atoms with Gasteiger partial charge < -0.3 is 9.84 Å². The van der Waals surface area contributed by atoms with Crippen LogP contribution in [0.5, 0.6) is 0 Å². The minimum atomic E-state index is -0.546. The molecule has 2 unspecified atom stereocenters. The van der Waals surface area contributed by atoms with Crippen molar-refractivity contribution in [2.45, 2.75) is 12.2 Å². The first kappa shape index (κ1) is 15.2. The van der Waals surface area contributed by atoms with Crippen LogP contribution < -0.4 is 0 Å². The number of hydrogen-bond donors (Lipinski definition) is 1. The molecule has 0 saturated carbocycles. The Bertz CT molecular complexity index is 634. The van der Waals surface area contributed by atoms with Crippen molar-refractivity contribution < 1.29 is 9.84 Å². The fourth-order valence-corrected chi connectivity index (χ4v) is 3.41. The van der Waals surface area contributed by atoms with Gasteiger partial charge in [-0.2, -0.15) is 5.26 Å². The van der Waals surface area contributed by atoms with E-state index in [1.807, 2.05) is 18.2 Å². The van der Waals surface area contributed by atoms with Crippen molar-refractivity contribution in [2.75, 3.05) is 26.2 Å². The molecular weight excluding hydrogens is 296 g/mol. The van der Waals surface area contributed by atoms with Crippen LogP contribution in [0, 0.1) is 11.3 Å². The van der Waals surface area contributed by atoms with Gasteiger partial charge in [0.25, 0.3) is 0 Å². The van der Waals surface area contributed by atoms with Crippen LogP contribution in [0.25, 0.3) is 0 Å². The number of morpholine rings is 1. The van der Waals surface area contributed by atoms with E-state index in [9.17, 15) is 5.11 Å². The molecule has 114 valence electrons. The van der Waals surface area contributed by atoms with Crippen LogP contribution in [0.15, 0.2) is 41.8 Å². The van der Waals surface area contributed by atoms with Crippen molar-refractivity contribution in [3.05, 3.63) is 57.8 Å². The normalized spacial score (nSPS) is 20.5. The average Bonchev–Trinajstić information content (AvgIpc) is 3.10. The average molecular weight is 314 g/mol. The molecule has 3 rings (SSSR count). The predicted octanol–water partition coefficient (Wildman–Crippen LogP) is 2.73. The van der Waals surface area contributed by atoms with Gasteiger partial charge in [-0.1, -0.05) is 18.2 Å². The van der Waals surface area contributed by atoms with E-state index in [0.717, 1.165) is 18.7 Å². The lowest BCUT2D eigenvalue weighted by Gasteiger charge is -2.33. The summed E-state index contributed by atoms with van der Waals surface area (Å²) in [5, 5.41) is 21.3. The molecule has 1 aromatic heterocycles. The number of benzene rings is 1. The van der Waals surface area contributed by atoms with Gasteiger partial charge in [0.15, 0.2) is 0 Å². The van der Waals surface area contributed by atoms with E-state index < -0.39 is 6.10 Å². The van der Waals surface area contributed by atoms with Gasteiger partial charge in [0, 0.05) is 24.5 Å². The zero-order valence-corrected chi connectivity index (χ0v) is 13.0. The molecule has 1 fully saturated rings. The Morgan fingerprint density at radius 3 is 2.86 bits per heavy atom. The Morgan fingerprint density at radius 1 is 1.36 bits per heavy atom. The van der Waals surface area contributed by atoms with E-state index >= 15 is 0 Å². The topological polar surface area (TPSA) is 56.5 Å². The fraction of sp³-hybridized carbons (Fsp3) is 0.353. The molecule has 0 radical (unpaired) electrons. The molecule has 2 atom stereocenters. The molecular formula is C17H18N2O2S. The maximum absolute atomic E-state index is 10.4. The smallest absolute Gasteiger partial charge is 0.104 e. The number of thiophene rings is 1. The van der Waals surface area contributed by atoms with E-state index in [1.54, 1.807) is 23.5 Å². The Labute approximate surface area is 134 Å². The fourth-order valence-electron chi connectivity index (χ4n) is 2.64. The molecule has 1 saturated heterocycles. The quantitative estimate of drug-likeness (QED) is 0.943. The Morgan fingerprint density at radius 2 is 2.18 bits per heavy atom. The number of nitriles is 1. The van der Waals surface area contributed by atoms with Crippen LogP contribution in [0.4, 0.5) is 0 Å². The minimum Gasteiger partial charge on any atom is -0.387 e. The minimum absolute atomic E-state index is 0.0990. The van der Waals surface area contributed by atoms with Crippen LogP contribution in [0.2, 0.25) is 0 Å². The molecule has 5 heteroatoms. The summed E-state index contributed by atoms with van der Waals surface area (Å²) in [6, 6.07) is 13.3. The third-order valence-electron chi connectivity index (χ3n) is 3.87. The summed E-state index contributed by atoms with van der Waals surface area (Å²) < 4.78 is 5.82. The number of ether oxygens (including phenoxy) is 1. The highest BCUT2D eigenvalue weighted by atomic mass is 32.1. The highest BCUT2D eigenvalue weighted by Gasteiger charge is 2.24. The molecule has 2 aromatic rings. The Hall–Kier alpha value is -1.71. The Kier molecular flexibility index (Phi) is 4.86. The maximum atomic E-state index is 10.4. The zero-order valence-electron chi connectivity index (χ0n) is 12.2. The third-order valence-corrected chi connectivity index (χ3v) is 4.83. The lowest BCUT2D eigenvalue weighted by molar-refractivity contribution is -0.0408. The third kappa shape index (κ3) is 3.54. The second kappa shape index (κ2) is 7.03. The molecule has 0 amide bonds. The molecule has 4 nitrogen and oxygen atoms in total. The van der Waals surface area contributed by atoms with Crippen molar-refractivity contribution in [1.29, 1.82) is 5.26 Å². The van der Waals surface area contributed by atoms with Crippen LogP contribution >= 0.6 is 11.3 Å². The summed E-state index contributed by atoms with van der Waals surface area (Å²) >= 11 is 1.71. The van der Waals surface area contributed by atoms with Gasteiger partial charge in [-0.05, 0) is 29.1 Å². The van der Waals surface area contributed by atoms with Crippen molar-refractivity contribution in [3.63, 3.8) is 0 Å². The van der Waals surface area contributed by atoms with Crippen LogP contribution in [-0.4, -0.2) is 36.2 Å². The summed E-state index contributed by atoms with van der Waals surface area (Å²) in [5.74, 6) is 0. The molecule has 0 spiro atoms. The summed E-state index contributed by atoms with van der Waals surface area (Å²) in [6.45, 7) is 2.89. The molecule has 2 heterocycles. The molecule has 0 bridgehead atoms. The second-order valence-corrected chi connectivity index (χ2v) is 6.36. The lowest BCUT2D eigenvalue weighted by atomic mass is 10.1. The summed E-state index contributed by atoms with van der Waals surface area (Å²) in [7, 11) is 0. The summed E-state index contributed by atoms with van der Waals surface area (Å²) in [4.78, 5) is 3.47. The van der Waals surface area contributed by atoms with Gasteiger partial charge in [-0.15, -0.1) is 11.3 Å². The number of aliphatic hydroxyl groups excluding tert-OH is 1. The standard InChI is InChI=1S/C17H18N2O2S/c18-10-13-3-5-14(6-4-13)15(20)11-19-7-8-21-16(12-19)17-2-1-9-22-17/h1-6,9,15-16,20H,7-8,11-12H2. The van der Waals surface area contributed by atoms with Gasteiger partial charge in [-0.25, -0.2) is 0 Å². The van der Waals surface area contributed by atoms with Gasteiger partial charge in [0.05, 0.1) is 24.3 Å². The van der Waals surface area contributed by atoms with Crippen LogP contribution in [0.3, 0.4) is 0 Å². The first-order chi connectivity index (χ1) is 10.8. The number of nitrogens with zero attached hydrogens (tertiary/aromatic N) is 2. The molecule has 1 aliphatic heterocycles. The predicted molar refractivity (Wildman–Crippen MR) is 85.6 cm³/mol. The first-order valence-electron chi connectivity index (χ1n) is 7.32. The van der Waals surface area contributed by atoms with E-state index in [1.165, 1.54) is 4.88 Å². The summed E-state index contributed by atoms with van der Waals surface area (Å²) in [6.07, 6.45) is -0.447. The van der Waals surface area contributed by atoms with Gasteiger partial charge in [0.1, 0.15) is 6.10 Å². The SMILES string of the molecule is N#Cc1ccc(C(O)CN2CCOC(c3cccs3)C2)cc1. The molecule has 1 aromatic carbocycles. The largest absolute Gasteiger partial charge is 0.387 e. The number of hydrogen-bond acceptors (Lipinski definition) is 5. The second-order valence-electron chi connectivity index (χ2n) is 5.38. The zero-order chi connectivity index (χ0) is 15.4. The highest BCUT2D eigenvalue weighted by molar-refractivity contribution is 7.10. The van der Waals surface area contributed by atoms with Crippen molar-refractivity contribution in [3.8, 4) is 6.07 Å². The monoisotopic (exact) mass is 314 g/mol. The number of rotatable bonds is 4. The van der Waals surface area contributed by atoms with Crippen LogP contribution in [-0.2, 0) is 4.74 Å². The lowest BCUT2D eigenvalue weighted by Crippen LogP contribution is -2.40. The number of β-amino-alcohol motifs (C(OH)–C–C–N with tert-alkyl or cyclic N) is 1. The molecule has 22 heavy (non-hydrogen) atoms. The van der Waals surface area contributed by atoms with E-state index in [2.05, 4.69) is 22.4 Å². The van der Waals surface area contributed by atoms with Crippen LogP contribution in [0.1, 0.15) is 28.2 Å². The van der Waals surface area contributed by atoms with E-state index in [0.29, 0.717) is 18.7 Å². The Balaban J connectivity index is 1.61. The molecule has 1 N–H and O–H groups in total. The van der Waals surface area contributed by atoms with Gasteiger partial charge in [0.2, 0.25) is 0 Å². The molecule has 1 aliphatic rings. The molecule has 0 aliphatic carbocycles. The highest BCUT2D eigenvalue weighted by Crippen LogP contribution is 2.27. The first-order valence-corrected chi connectivity index (χ1v) is 8.19. The van der Waals surface area contributed by atoms with Crippen molar-refractivity contribution in [1.82, 2.24) is 4.90 Å². The van der Waals surface area contributed by atoms with E-state index in [-0.39, 0.29) is 6.10 Å². The summed E-state index contributed by atoms with van der Waals surface area (Å²) in [5.41, 5.74) is 1.46. The van der Waals surface area contributed by atoms with Gasteiger partial charge >= 0.3 is 0 Å². The van der Waals surface area contributed by atoms with Crippen molar-refractivity contribution in [2.24, 2.45) is 0 Å². The van der Waals surface area contributed by atoms with Crippen molar-refractivity contribution >= 4 is 11.3 Å². The maximum Gasteiger partial charge on any atom is 0.104 e. The number of aliphatic hydroxyl groups is 1. The van der Waals surface area contributed by atoms with E-state index in [4.69, 9.17) is 10.00 Å².